The number of nitrogens with one attached hydrogen (secondary N) is 2. The fourth-order valence-electron chi connectivity index (χ4n) is 2.47. The lowest BCUT2D eigenvalue weighted by Gasteiger charge is -2.09. The number of nitrogens with zero attached hydrogens (tertiary/aromatic N) is 1. The summed E-state index contributed by atoms with van der Waals surface area (Å²) in [6.45, 7) is 5.93. The van der Waals surface area contributed by atoms with Crippen LogP contribution >= 0.6 is 11.3 Å². The summed E-state index contributed by atoms with van der Waals surface area (Å²) in [6.07, 6.45) is 1.31. The third kappa shape index (κ3) is 3.14. The predicted molar refractivity (Wildman–Crippen MR) is 85.8 cm³/mol. The van der Waals surface area contributed by atoms with Gasteiger partial charge in [-0.05, 0) is 31.0 Å². The van der Waals surface area contributed by atoms with Gasteiger partial charge in [-0.3, -0.25) is 4.79 Å². The van der Waals surface area contributed by atoms with Gasteiger partial charge in [-0.2, -0.15) is 0 Å². The molecule has 21 heavy (non-hydrogen) atoms. The number of hydrogen-bond acceptors (Lipinski definition) is 4. The van der Waals surface area contributed by atoms with Gasteiger partial charge in [0.05, 0.1) is 12.1 Å². The summed E-state index contributed by atoms with van der Waals surface area (Å²) in [5.41, 5.74) is 4.35. The minimum atomic E-state index is 0.00255. The third-order valence-electron chi connectivity index (χ3n) is 3.84. The summed E-state index contributed by atoms with van der Waals surface area (Å²) in [5, 5.41) is 7.23. The SMILES string of the molecule is Cc1cccc(NC(=O)Cc2nc3c(s2)CNCC3)c1C. The van der Waals surface area contributed by atoms with Crippen molar-refractivity contribution < 1.29 is 4.79 Å². The molecule has 1 aromatic heterocycles. The van der Waals surface area contributed by atoms with E-state index in [1.54, 1.807) is 11.3 Å². The number of anilines is 1. The van der Waals surface area contributed by atoms with Gasteiger partial charge in [0.2, 0.25) is 5.91 Å². The zero-order valence-electron chi connectivity index (χ0n) is 12.3. The Kier molecular flexibility index (Phi) is 4.03. The van der Waals surface area contributed by atoms with Crippen molar-refractivity contribution in [2.75, 3.05) is 11.9 Å². The molecule has 2 N–H and O–H groups in total. The van der Waals surface area contributed by atoms with Crippen molar-refractivity contribution in [3.8, 4) is 0 Å². The van der Waals surface area contributed by atoms with Crippen LogP contribution in [0.4, 0.5) is 5.69 Å². The van der Waals surface area contributed by atoms with Crippen LogP contribution in [-0.2, 0) is 24.2 Å². The van der Waals surface area contributed by atoms with E-state index in [-0.39, 0.29) is 5.91 Å². The summed E-state index contributed by atoms with van der Waals surface area (Å²) >= 11 is 1.65. The standard InChI is InChI=1S/C16H19N3OS/c1-10-4-3-5-12(11(10)2)18-15(20)8-16-19-13-6-7-17-9-14(13)21-16/h3-5,17H,6-9H2,1-2H3,(H,18,20). The molecule has 5 heteroatoms. The molecule has 0 unspecified atom stereocenters. The van der Waals surface area contributed by atoms with Crippen molar-refractivity contribution in [2.45, 2.75) is 33.2 Å². The Morgan fingerprint density at radius 3 is 3.10 bits per heavy atom. The second kappa shape index (κ2) is 5.95. The van der Waals surface area contributed by atoms with Crippen LogP contribution in [0.15, 0.2) is 18.2 Å². The third-order valence-corrected chi connectivity index (χ3v) is 4.93. The van der Waals surface area contributed by atoms with Crippen LogP contribution in [0.25, 0.3) is 0 Å². The van der Waals surface area contributed by atoms with Gasteiger partial charge in [-0.15, -0.1) is 11.3 Å². The Bertz CT molecular complexity index is 655. The summed E-state index contributed by atoms with van der Waals surface area (Å²) in [5.74, 6) is 0.00255. The highest BCUT2D eigenvalue weighted by Gasteiger charge is 2.16. The first kappa shape index (κ1) is 14.2. The second-order valence-electron chi connectivity index (χ2n) is 5.38. The number of aromatic nitrogens is 1. The maximum Gasteiger partial charge on any atom is 0.231 e. The van der Waals surface area contributed by atoms with Gasteiger partial charge in [0.25, 0.3) is 0 Å². The Morgan fingerprint density at radius 2 is 2.29 bits per heavy atom. The molecule has 3 rings (SSSR count). The average Bonchev–Trinajstić information content (AvgIpc) is 2.86. The van der Waals surface area contributed by atoms with E-state index < -0.39 is 0 Å². The Morgan fingerprint density at radius 1 is 1.43 bits per heavy atom. The molecular weight excluding hydrogens is 282 g/mol. The molecule has 0 spiro atoms. The monoisotopic (exact) mass is 301 g/mol. The topological polar surface area (TPSA) is 54.0 Å². The van der Waals surface area contributed by atoms with Gasteiger partial charge < -0.3 is 10.6 Å². The first-order chi connectivity index (χ1) is 10.1. The highest BCUT2D eigenvalue weighted by atomic mass is 32.1. The van der Waals surface area contributed by atoms with Crippen molar-refractivity contribution in [1.82, 2.24) is 10.3 Å². The number of benzene rings is 1. The molecule has 1 amide bonds. The van der Waals surface area contributed by atoms with E-state index in [2.05, 4.69) is 15.6 Å². The number of aryl methyl sites for hydroxylation is 1. The molecule has 2 heterocycles. The lowest BCUT2D eigenvalue weighted by atomic mass is 10.1. The maximum absolute atomic E-state index is 12.2. The van der Waals surface area contributed by atoms with Crippen molar-refractivity contribution >= 4 is 22.9 Å². The first-order valence-electron chi connectivity index (χ1n) is 7.17. The van der Waals surface area contributed by atoms with E-state index in [1.165, 1.54) is 10.4 Å². The first-order valence-corrected chi connectivity index (χ1v) is 7.99. The molecule has 0 saturated carbocycles. The van der Waals surface area contributed by atoms with Gasteiger partial charge in [0.15, 0.2) is 0 Å². The Hall–Kier alpha value is -1.72. The van der Waals surface area contributed by atoms with Crippen LogP contribution in [-0.4, -0.2) is 17.4 Å². The van der Waals surface area contributed by atoms with Crippen LogP contribution in [0.5, 0.6) is 0 Å². The van der Waals surface area contributed by atoms with Gasteiger partial charge in [-0.25, -0.2) is 4.98 Å². The molecule has 4 nitrogen and oxygen atoms in total. The van der Waals surface area contributed by atoms with Crippen LogP contribution in [0.3, 0.4) is 0 Å². The average molecular weight is 301 g/mol. The number of amides is 1. The van der Waals surface area contributed by atoms with E-state index in [0.717, 1.165) is 41.5 Å². The van der Waals surface area contributed by atoms with E-state index >= 15 is 0 Å². The van der Waals surface area contributed by atoms with E-state index in [9.17, 15) is 4.79 Å². The second-order valence-corrected chi connectivity index (χ2v) is 6.54. The predicted octanol–water partition coefficient (Wildman–Crippen LogP) is 2.59. The zero-order valence-corrected chi connectivity index (χ0v) is 13.1. The molecule has 0 fully saturated rings. The molecule has 0 radical (unpaired) electrons. The van der Waals surface area contributed by atoms with Crippen molar-refractivity contribution in [1.29, 1.82) is 0 Å². The van der Waals surface area contributed by atoms with Gasteiger partial charge in [0.1, 0.15) is 5.01 Å². The van der Waals surface area contributed by atoms with E-state index in [1.807, 2.05) is 32.0 Å². The molecule has 0 aliphatic carbocycles. The lowest BCUT2D eigenvalue weighted by Crippen LogP contribution is -2.22. The molecule has 1 aromatic carbocycles. The van der Waals surface area contributed by atoms with Crippen molar-refractivity contribution in [3.05, 3.63) is 44.9 Å². The van der Waals surface area contributed by atoms with Gasteiger partial charge in [0, 0.05) is 30.1 Å². The fraction of sp³-hybridized carbons (Fsp3) is 0.375. The smallest absolute Gasteiger partial charge is 0.231 e. The number of carbonyl (C=O) groups is 1. The van der Waals surface area contributed by atoms with E-state index in [0.29, 0.717) is 6.42 Å². The summed E-state index contributed by atoms with van der Waals surface area (Å²) in [4.78, 5) is 18.1. The molecule has 110 valence electrons. The normalized spacial score (nSPS) is 13.8. The quantitative estimate of drug-likeness (QED) is 0.916. The minimum absolute atomic E-state index is 0.00255. The number of thiazole rings is 1. The molecule has 2 aromatic rings. The van der Waals surface area contributed by atoms with Crippen molar-refractivity contribution in [2.24, 2.45) is 0 Å². The molecule has 0 bridgehead atoms. The Labute approximate surface area is 128 Å². The fourth-order valence-corrected chi connectivity index (χ4v) is 3.56. The van der Waals surface area contributed by atoms with Gasteiger partial charge >= 0.3 is 0 Å². The Balaban J connectivity index is 1.69. The van der Waals surface area contributed by atoms with Crippen LogP contribution in [0, 0.1) is 13.8 Å². The largest absolute Gasteiger partial charge is 0.325 e. The summed E-state index contributed by atoms with van der Waals surface area (Å²) < 4.78 is 0. The van der Waals surface area contributed by atoms with Crippen molar-refractivity contribution in [3.63, 3.8) is 0 Å². The highest BCUT2D eigenvalue weighted by Crippen LogP contribution is 2.23. The lowest BCUT2D eigenvalue weighted by molar-refractivity contribution is -0.115. The molecular formula is C16H19N3OS. The summed E-state index contributed by atoms with van der Waals surface area (Å²) in [6, 6.07) is 5.95. The van der Waals surface area contributed by atoms with Crippen LogP contribution < -0.4 is 10.6 Å². The summed E-state index contributed by atoms with van der Waals surface area (Å²) in [7, 11) is 0. The highest BCUT2D eigenvalue weighted by molar-refractivity contribution is 7.11. The minimum Gasteiger partial charge on any atom is -0.325 e. The molecule has 1 aliphatic heterocycles. The number of rotatable bonds is 3. The number of carbonyl (C=O) groups excluding carboxylic acids is 1. The number of fused-ring (bicyclic) bond motifs is 1. The van der Waals surface area contributed by atoms with Crippen LogP contribution in [0.2, 0.25) is 0 Å². The zero-order chi connectivity index (χ0) is 14.8. The maximum atomic E-state index is 12.2. The molecule has 0 saturated heterocycles. The number of hydrogen-bond donors (Lipinski definition) is 2. The van der Waals surface area contributed by atoms with E-state index in [4.69, 9.17) is 0 Å². The molecule has 1 aliphatic rings. The van der Waals surface area contributed by atoms with Gasteiger partial charge in [-0.1, -0.05) is 12.1 Å². The van der Waals surface area contributed by atoms with Crippen LogP contribution in [0.1, 0.15) is 26.7 Å². The molecule has 0 atom stereocenters.